The summed E-state index contributed by atoms with van der Waals surface area (Å²) >= 11 is 0. The van der Waals surface area contributed by atoms with Crippen molar-refractivity contribution in [1.82, 2.24) is 10.6 Å². The molecule has 0 aromatic heterocycles. The molecule has 0 radical (unpaired) electrons. The van der Waals surface area contributed by atoms with Gasteiger partial charge in [0.1, 0.15) is 0 Å². The number of primary amides is 1. The number of amides is 3. The second-order valence-electron chi connectivity index (χ2n) is 7.70. The Kier molecular flexibility index (Phi) is 7.41. The third-order valence-electron chi connectivity index (χ3n) is 3.95. The minimum absolute atomic E-state index is 0.194. The highest BCUT2D eigenvalue weighted by Crippen LogP contribution is 2.28. The van der Waals surface area contributed by atoms with Crippen LogP contribution in [0.1, 0.15) is 47.1 Å². The molecule has 8 nitrogen and oxygen atoms in total. The summed E-state index contributed by atoms with van der Waals surface area (Å²) in [6.45, 7) is 5.71. The summed E-state index contributed by atoms with van der Waals surface area (Å²) in [5.74, 6) is -0.242. The average molecular weight is 413 g/mol. The van der Waals surface area contributed by atoms with Crippen LogP contribution in [-0.2, 0) is 11.3 Å². The molecule has 0 aliphatic rings. The van der Waals surface area contributed by atoms with Crippen molar-refractivity contribution in [3.63, 3.8) is 0 Å². The van der Waals surface area contributed by atoms with Gasteiger partial charge in [0, 0.05) is 23.2 Å². The second-order valence-corrected chi connectivity index (χ2v) is 7.70. The van der Waals surface area contributed by atoms with Crippen LogP contribution in [0.25, 0.3) is 0 Å². The molecular weight excluding hydrogens is 386 g/mol. The molecule has 4 N–H and O–H groups in total. The normalized spacial score (nSPS) is 10.8. The van der Waals surface area contributed by atoms with Crippen LogP contribution < -0.4 is 25.8 Å². The van der Waals surface area contributed by atoms with Gasteiger partial charge in [-0.05, 0) is 62.7 Å². The van der Waals surface area contributed by atoms with E-state index in [0.29, 0.717) is 22.6 Å². The summed E-state index contributed by atoms with van der Waals surface area (Å²) in [4.78, 5) is 35.4. The molecule has 0 heterocycles. The summed E-state index contributed by atoms with van der Waals surface area (Å²) in [7, 11) is 1.48. The summed E-state index contributed by atoms with van der Waals surface area (Å²) in [5.41, 5.74) is 6.45. The van der Waals surface area contributed by atoms with Gasteiger partial charge in [-0.25, -0.2) is 0 Å². The number of hydrogen-bond donors (Lipinski definition) is 3. The van der Waals surface area contributed by atoms with E-state index >= 15 is 0 Å². The molecule has 0 saturated carbocycles. The van der Waals surface area contributed by atoms with E-state index in [-0.39, 0.29) is 30.5 Å². The zero-order chi connectivity index (χ0) is 22.3. The first-order chi connectivity index (χ1) is 14.1. The molecule has 0 fully saturated rings. The average Bonchev–Trinajstić information content (AvgIpc) is 2.69. The van der Waals surface area contributed by atoms with Crippen LogP contribution in [0.3, 0.4) is 0 Å². The Bertz CT molecular complexity index is 917. The molecule has 2 rings (SSSR count). The number of ether oxygens (including phenoxy) is 2. The van der Waals surface area contributed by atoms with Crippen molar-refractivity contribution in [2.75, 3.05) is 13.7 Å². The number of benzene rings is 2. The Balaban J connectivity index is 1.98. The molecule has 0 aliphatic heterocycles. The maximum Gasteiger partial charge on any atom is 0.255 e. The van der Waals surface area contributed by atoms with Gasteiger partial charge in [0.15, 0.2) is 18.1 Å². The quantitative estimate of drug-likeness (QED) is 0.612. The van der Waals surface area contributed by atoms with E-state index in [1.54, 1.807) is 42.5 Å². The second kappa shape index (κ2) is 9.78. The van der Waals surface area contributed by atoms with Crippen LogP contribution >= 0.6 is 0 Å². The van der Waals surface area contributed by atoms with Gasteiger partial charge in [-0.2, -0.15) is 0 Å². The fraction of sp³-hybridized carbons (Fsp3) is 0.318. The fourth-order valence-electron chi connectivity index (χ4n) is 2.56. The van der Waals surface area contributed by atoms with E-state index < -0.39 is 5.91 Å². The molecular formula is C22H27N3O5. The predicted octanol–water partition coefficient (Wildman–Crippen LogP) is 2.02. The Morgan fingerprint density at radius 3 is 2.07 bits per heavy atom. The summed E-state index contributed by atoms with van der Waals surface area (Å²) in [5, 5.41) is 5.69. The van der Waals surface area contributed by atoms with Crippen molar-refractivity contribution in [3.8, 4) is 11.5 Å². The first-order valence-corrected chi connectivity index (χ1v) is 9.38. The van der Waals surface area contributed by atoms with Gasteiger partial charge in [-0.3, -0.25) is 14.4 Å². The lowest BCUT2D eigenvalue weighted by Gasteiger charge is -2.20. The van der Waals surface area contributed by atoms with Crippen molar-refractivity contribution >= 4 is 17.7 Å². The third kappa shape index (κ3) is 6.80. The molecule has 0 atom stereocenters. The minimum Gasteiger partial charge on any atom is -0.493 e. The molecule has 30 heavy (non-hydrogen) atoms. The highest BCUT2D eigenvalue weighted by atomic mass is 16.5. The van der Waals surface area contributed by atoms with Crippen LogP contribution in [0.5, 0.6) is 11.5 Å². The first-order valence-electron chi connectivity index (χ1n) is 9.38. The SMILES string of the molecule is COc1cc(CNC(=O)c2ccc(C(=O)NC(C)(C)C)cc2)ccc1OCC(N)=O. The molecule has 0 saturated heterocycles. The molecule has 0 aliphatic carbocycles. The molecule has 8 heteroatoms. The monoisotopic (exact) mass is 413 g/mol. The van der Waals surface area contributed by atoms with Crippen LogP contribution in [0.4, 0.5) is 0 Å². The number of carbonyl (C=O) groups is 3. The van der Waals surface area contributed by atoms with Gasteiger partial charge >= 0.3 is 0 Å². The smallest absolute Gasteiger partial charge is 0.255 e. The van der Waals surface area contributed by atoms with Gasteiger partial charge in [-0.15, -0.1) is 0 Å². The molecule has 0 bridgehead atoms. The summed E-state index contributed by atoms with van der Waals surface area (Å²) in [6.07, 6.45) is 0. The zero-order valence-corrected chi connectivity index (χ0v) is 17.6. The predicted molar refractivity (Wildman–Crippen MR) is 113 cm³/mol. The standard InChI is InChI=1S/C22H27N3O5/c1-22(2,3)25-21(28)16-8-6-15(7-9-16)20(27)24-12-14-5-10-17(18(11-14)29-4)30-13-19(23)26/h5-11H,12-13H2,1-4H3,(H2,23,26)(H,24,27)(H,25,28). The molecule has 3 amide bonds. The van der Waals surface area contributed by atoms with Gasteiger partial charge < -0.3 is 25.8 Å². The first kappa shape index (κ1) is 22.7. The summed E-state index contributed by atoms with van der Waals surface area (Å²) in [6, 6.07) is 11.5. The van der Waals surface area contributed by atoms with Gasteiger partial charge in [0.25, 0.3) is 17.7 Å². The Morgan fingerprint density at radius 1 is 0.933 bits per heavy atom. The third-order valence-corrected chi connectivity index (χ3v) is 3.95. The van der Waals surface area contributed by atoms with E-state index in [1.807, 2.05) is 20.8 Å². The number of hydrogen-bond acceptors (Lipinski definition) is 5. The Morgan fingerprint density at radius 2 is 1.53 bits per heavy atom. The van der Waals surface area contributed by atoms with Crippen LogP contribution in [0.15, 0.2) is 42.5 Å². The molecule has 2 aromatic rings. The van der Waals surface area contributed by atoms with Gasteiger partial charge in [0.05, 0.1) is 7.11 Å². The number of nitrogens with one attached hydrogen (secondary N) is 2. The highest BCUT2D eigenvalue weighted by molar-refractivity contribution is 5.98. The van der Waals surface area contributed by atoms with E-state index in [2.05, 4.69) is 10.6 Å². The fourth-order valence-corrected chi connectivity index (χ4v) is 2.56. The molecule has 160 valence electrons. The van der Waals surface area contributed by atoms with E-state index in [4.69, 9.17) is 15.2 Å². The zero-order valence-electron chi connectivity index (χ0n) is 17.6. The largest absolute Gasteiger partial charge is 0.493 e. The number of carbonyl (C=O) groups excluding carboxylic acids is 3. The number of nitrogens with two attached hydrogens (primary N) is 1. The van der Waals surface area contributed by atoms with Crippen molar-refractivity contribution < 1.29 is 23.9 Å². The lowest BCUT2D eigenvalue weighted by atomic mass is 10.1. The summed E-state index contributed by atoms with van der Waals surface area (Å²) < 4.78 is 10.5. The van der Waals surface area contributed by atoms with E-state index in [1.165, 1.54) is 7.11 Å². The number of methoxy groups -OCH3 is 1. The maximum absolute atomic E-state index is 12.4. The van der Waals surface area contributed by atoms with Crippen molar-refractivity contribution in [3.05, 3.63) is 59.2 Å². The topological polar surface area (TPSA) is 120 Å². The highest BCUT2D eigenvalue weighted by Gasteiger charge is 2.16. The molecule has 2 aromatic carbocycles. The van der Waals surface area contributed by atoms with Crippen molar-refractivity contribution in [1.29, 1.82) is 0 Å². The minimum atomic E-state index is -0.588. The Hall–Kier alpha value is -3.55. The lowest BCUT2D eigenvalue weighted by Crippen LogP contribution is -2.40. The van der Waals surface area contributed by atoms with Crippen molar-refractivity contribution in [2.45, 2.75) is 32.9 Å². The van der Waals surface area contributed by atoms with E-state index in [9.17, 15) is 14.4 Å². The Labute approximate surface area is 175 Å². The number of rotatable bonds is 8. The van der Waals surface area contributed by atoms with Crippen LogP contribution in [-0.4, -0.2) is 37.0 Å². The lowest BCUT2D eigenvalue weighted by molar-refractivity contribution is -0.119. The molecule has 0 unspecified atom stereocenters. The van der Waals surface area contributed by atoms with Crippen molar-refractivity contribution in [2.24, 2.45) is 5.73 Å². The van der Waals surface area contributed by atoms with Gasteiger partial charge in [-0.1, -0.05) is 6.07 Å². The maximum atomic E-state index is 12.4. The van der Waals surface area contributed by atoms with Gasteiger partial charge in [0.2, 0.25) is 0 Å². The van der Waals surface area contributed by atoms with Crippen LogP contribution in [0, 0.1) is 0 Å². The molecule has 0 spiro atoms. The van der Waals surface area contributed by atoms with Crippen LogP contribution in [0.2, 0.25) is 0 Å². The van der Waals surface area contributed by atoms with E-state index in [0.717, 1.165) is 5.56 Å².